The van der Waals surface area contributed by atoms with E-state index in [1.165, 1.54) is 0 Å². The molecule has 1 aromatic carbocycles. The van der Waals surface area contributed by atoms with Crippen LogP contribution in [0.3, 0.4) is 0 Å². The fraction of sp³-hybridized carbons (Fsp3) is 0.500. The molecule has 0 spiro atoms. The van der Waals surface area contributed by atoms with Crippen LogP contribution in [0.5, 0.6) is 0 Å². The lowest BCUT2D eigenvalue weighted by atomic mass is 9.79. The van der Waals surface area contributed by atoms with E-state index in [0.29, 0.717) is 16.1 Å². The van der Waals surface area contributed by atoms with E-state index in [1.807, 2.05) is 13.8 Å². The topological polar surface area (TPSA) is 74.6 Å². The summed E-state index contributed by atoms with van der Waals surface area (Å²) in [6.07, 6.45) is 0. The summed E-state index contributed by atoms with van der Waals surface area (Å²) in [5.41, 5.74) is 1.02. The zero-order valence-corrected chi connectivity index (χ0v) is 13.4. The average Bonchev–Trinajstić information content (AvgIpc) is 2.30. The van der Waals surface area contributed by atoms with Crippen molar-refractivity contribution in [2.75, 3.05) is 0 Å². The standard InChI is InChI=1S/C16H21ClO4/c1-8(2)13(15(18)19)11-6-5-10(17)7-12(11)14(9(3)4)16(20)21/h5-9,13-14H,1-4H3,(H,18,19)(H,20,21). The van der Waals surface area contributed by atoms with Gasteiger partial charge in [-0.05, 0) is 35.1 Å². The Hall–Kier alpha value is -1.55. The first-order valence-corrected chi connectivity index (χ1v) is 7.29. The van der Waals surface area contributed by atoms with Crippen molar-refractivity contribution in [3.63, 3.8) is 0 Å². The van der Waals surface area contributed by atoms with Gasteiger partial charge in [-0.1, -0.05) is 45.4 Å². The molecule has 0 radical (unpaired) electrons. The van der Waals surface area contributed by atoms with Crippen LogP contribution in [0.2, 0.25) is 5.02 Å². The fourth-order valence-electron chi connectivity index (χ4n) is 2.65. The maximum absolute atomic E-state index is 11.6. The predicted octanol–water partition coefficient (Wildman–Crippen LogP) is 3.99. The van der Waals surface area contributed by atoms with Crippen molar-refractivity contribution in [1.82, 2.24) is 0 Å². The van der Waals surface area contributed by atoms with Gasteiger partial charge in [-0.3, -0.25) is 9.59 Å². The lowest BCUT2D eigenvalue weighted by molar-refractivity contribution is -0.141. The molecule has 0 amide bonds. The van der Waals surface area contributed by atoms with Gasteiger partial charge in [-0.15, -0.1) is 0 Å². The van der Waals surface area contributed by atoms with Crippen LogP contribution in [0.4, 0.5) is 0 Å². The maximum atomic E-state index is 11.6. The van der Waals surface area contributed by atoms with E-state index in [1.54, 1.807) is 32.0 Å². The minimum absolute atomic E-state index is 0.149. The van der Waals surface area contributed by atoms with Crippen molar-refractivity contribution in [3.8, 4) is 0 Å². The molecule has 5 heteroatoms. The molecule has 21 heavy (non-hydrogen) atoms. The van der Waals surface area contributed by atoms with E-state index in [-0.39, 0.29) is 11.8 Å². The Kier molecular flexibility index (Phi) is 5.78. The van der Waals surface area contributed by atoms with Gasteiger partial charge in [-0.2, -0.15) is 0 Å². The van der Waals surface area contributed by atoms with Crippen molar-refractivity contribution in [2.24, 2.45) is 11.8 Å². The Morgan fingerprint density at radius 3 is 1.71 bits per heavy atom. The second kappa shape index (κ2) is 6.94. The second-order valence-corrected chi connectivity index (χ2v) is 6.33. The van der Waals surface area contributed by atoms with Crippen LogP contribution < -0.4 is 0 Å². The molecule has 2 atom stereocenters. The minimum atomic E-state index is -0.971. The number of hydrogen-bond donors (Lipinski definition) is 2. The Morgan fingerprint density at radius 1 is 0.905 bits per heavy atom. The lowest BCUT2D eigenvalue weighted by Gasteiger charge is -2.25. The summed E-state index contributed by atoms with van der Waals surface area (Å²) in [5.74, 6) is -3.77. The molecule has 0 saturated carbocycles. The quantitative estimate of drug-likeness (QED) is 0.833. The summed E-state index contributed by atoms with van der Waals surface area (Å²) < 4.78 is 0. The van der Waals surface area contributed by atoms with Crippen LogP contribution in [-0.2, 0) is 9.59 Å². The molecule has 1 rings (SSSR count). The van der Waals surface area contributed by atoms with Crippen molar-refractivity contribution in [2.45, 2.75) is 39.5 Å². The summed E-state index contributed by atoms with van der Waals surface area (Å²) >= 11 is 5.99. The number of halogens is 1. The predicted molar refractivity (Wildman–Crippen MR) is 81.9 cm³/mol. The molecule has 0 saturated heterocycles. The summed E-state index contributed by atoms with van der Waals surface area (Å²) in [4.78, 5) is 23.1. The van der Waals surface area contributed by atoms with Gasteiger partial charge in [0.05, 0.1) is 11.8 Å². The molecule has 1 aromatic rings. The highest BCUT2D eigenvalue weighted by Gasteiger charge is 2.32. The number of carbonyl (C=O) groups is 2. The number of carboxylic acid groups (broad SMARTS) is 2. The lowest BCUT2D eigenvalue weighted by Crippen LogP contribution is -2.24. The third-order valence-corrected chi connectivity index (χ3v) is 3.82. The molecule has 2 unspecified atom stereocenters. The SMILES string of the molecule is CC(C)C(C(=O)O)c1ccc(Cl)cc1C(C(=O)O)C(C)C. The average molecular weight is 313 g/mol. The highest BCUT2D eigenvalue weighted by Crippen LogP contribution is 2.36. The highest BCUT2D eigenvalue weighted by atomic mass is 35.5. The smallest absolute Gasteiger partial charge is 0.311 e. The van der Waals surface area contributed by atoms with E-state index < -0.39 is 23.8 Å². The molecular formula is C16H21ClO4. The molecule has 0 heterocycles. The Balaban J connectivity index is 3.53. The minimum Gasteiger partial charge on any atom is -0.481 e. The van der Waals surface area contributed by atoms with Crippen LogP contribution in [0.25, 0.3) is 0 Å². The third-order valence-electron chi connectivity index (χ3n) is 3.58. The van der Waals surface area contributed by atoms with Gasteiger partial charge in [-0.25, -0.2) is 0 Å². The highest BCUT2D eigenvalue weighted by molar-refractivity contribution is 6.30. The molecule has 4 nitrogen and oxygen atoms in total. The summed E-state index contributed by atoms with van der Waals surface area (Å²) in [6, 6.07) is 4.82. The first kappa shape index (κ1) is 17.5. The number of rotatable bonds is 6. The van der Waals surface area contributed by atoms with Crippen molar-refractivity contribution < 1.29 is 19.8 Å². The van der Waals surface area contributed by atoms with Crippen LogP contribution >= 0.6 is 11.6 Å². The zero-order valence-electron chi connectivity index (χ0n) is 12.6. The molecular weight excluding hydrogens is 292 g/mol. The summed E-state index contributed by atoms with van der Waals surface area (Å²) in [7, 11) is 0. The van der Waals surface area contributed by atoms with E-state index in [0.717, 1.165) is 0 Å². The molecule has 0 aliphatic heterocycles. The molecule has 116 valence electrons. The van der Waals surface area contributed by atoms with Gasteiger partial charge in [0.25, 0.3) is 0 Å². The second-order valence-electron chi connectivity index (χ2n) is 5.89. The first-order valence-electron chi connectivity index (χ1n) is 6.91. The molecule has 2 N–H and O–H groups in total. The Labute approximate surface area is 129 Å². The normalized spacial score (nSPS) is 14.2. The summed E-state index contributed by atoms with van der Waals surface area (Å²) in [6.45, 7) is 7.22. The van der Waals surface area contributed by atoms with Crippen LogP contribution in [0, 0.1) is 11.8 Å². The van der Waals surface area contributed by atoms with Crippen molar-refractivity contribution >= 4 is 23.5 Å². The largest absolute Gasteiger partial charge is 0.481 e. The molecule has 0 bridgehead atoms. The van der Waals surface area contributed by atoms with E-state index >= 15 is 0 Å². The van der Waals surface area contributed by atoms with Crippen molar-refractivity contribution in [1.29, 1.82) is 0 Å². The molecule has 0 aliphatic rings. The Morgan fingerprint density at radius 2 is 1.33 bits per heavy atom. The van der Waals surface area contributed by atoms with E-state index in [2.05, 4.69) is 0 Å². The third kappa shape index (κ3) is 3.97. The number of carboxylic acids is 2. The monoisotopic (exact) mass is 312 g/mol. The number of aliphatic carboxylic acids is 2. The van der Waals surface area contributed by atoms with Gasteiger partial charge in [0, 0.05) is 5.02 Å². The van der Waals surface area contributed by atoms with Crippen LogP contribution in [0.15, 0.2) is 18.2 Å². The van der Waals surface area contributed by atoms with E-state index in [9.17, 15) is 19.8 Å². The summed E-state index contributed by atoms with van der Waals surface area (Å²) in [5, 5.41) is 19.4. The van der Waals surface area contributed by atoms with Crippen LogP contribution in [-0.4, -0.2) is 22.2 Å². The first-order chi connectivity index (χ1) is 9.66. The van der Waals surface area contributed by atoms with Crippen LogP contribution in [0.1, 0.15) is 50.7 Å². The number of hydrogen-bond acceptors (Lipinski definition) is 2. The van der Waals surface area contributed by atoms with Gasteiger partial charge in [0.15, 0.2) is 0 Å². The zero-order chi connectivity index (χ0) is 16.3. The maximum Gasteiger partial charge on any atom is 0.311 e. The van der Waals surface area contributed by atoms with Gasteiger partial charge >= 0.3 is 11.9 Å². The molecule has 0 aromatic heterocycles. The molecule has 0 aliphatic carbocycles. The number of benzene rings is 1. The van der Waals surface area contributed by atoms with Gasteiger partial charge in [0.2, 0.25) is 0 Å². The van der Waals surface area contributed by atoms with Crippen molar-refractivity contribution in [3.05, 3.63) is 34.3 Å². The van der Waals surface area contributed by atoms with E-state index in [4.69, 9.17) is 11.6 Å². The fourth-order valence-corrected chi connectivity index (χ4v) is 2.83. The molecule has 0 fully saturated rings. The Bertz CT molecular complexity index is 537. The van der Waals surface area contributed by atoms with Gasteiger partial charge in [0.1, 0.15) is 0 Å². The van der Waals surface area contributed by atoms with Gasteiger partial charge < -0.3 is 10.2 Å².